The molecule has 0 aliphatic heterocycles. The van der Waals surface area contributed by atoms with Gasteiger partial charge in [0.2, 0.25) is 5.91 Å². The van der Waals surface area contributed by atoms with Crippen LogP contribution >= 0.6 is 27.3 Å². The summed E-state index contributed by atoms with van der Waals surface area (Å²) in [4.78, 5) is 22.6. The van der Waals surface area contributed by atoms with Gasteiger partial charge in [-0.05, 0) is 27.9 Å². The second-order valence-corrected chi connectivity index (χ2v) is 5.51. The smallest absolute Gasteiger partial charge is 0.316 e. The third kappa shape index (κ3) is 3.31. The molecular formula is C10H12BrNO3S. The number of carbonyl (C=O) groups is 2. The van der Waals surface area contributed by atoms with E-state index >= 15 is 0 Å². The van der Waals surface area contributed by atoms with E-state index in [1.807, 2.05) is 5.38 Å². The van der Waals surface area contributed by atoms with E-state index in [0.717, 1.165) is 4.47 Å². The number of carboxylic acid groups (broad SMARTS) is 1. The number of carboxylic acids is 1. The number of halogens is 1. The van der Waals surface area contributed by atoms with Crippen LogP contribution in [0.25, 0.3) is 0 Å². The largest absolute Gasteiger partial charge is 0.481 e. The third-order valence-electron chi connectivity index (χ3n) is 2.03. The Bertz CT molecular complexity index is 403. The monoisotopic (exact) mass is 305 g/mol. The van der Waals surface area contributed by atoms with Crippen molar-refractivity contribution in [2.75, 3.05) is 5.32 Å². The highest BCUT2D eigenvalue weighted by molar-refractivity contribution is 9.10. The molecule has 0 spiro atoms. The molecule has 0 saturated carbocycles. The highest BCUT2D eigenvalue weighted by atomic mass is 79.9. The van der Waals surface area contributed by atoms with Crippen molar-refractivity contribution in [2.45, 2.75) is 13.8 Å². The van der Waals surface area contributed by atoms with Crippen LogP contribution in [0.2, 0.25) is 0 Å². The molecule has 0 aliphatic carbocycles. The van der Waals surface area contributed by atoms with Crippen LogP contribution < -0.4 is 5.32 Å². The van der Waals surface area contributed by atoms with Crippen molar-refractivity contribution < 1.29 is 14.7 Å². The van der Waals surface area contributed by atoms with E-state index in [1.165, 1.54) is 11.3 Å². The van der Waals surface area contributed by atoms with Gasteiger partial charge in [-0.2, -0.15) is 0 Å². The van der Waals surface area contributed by atoms with Crippen LogP contribution in [0.4, 0.5) is 5.00 Å². The second-order valence-electron chi connectivity index (χ2n) is 3.68. The maximum absolute atomic E-state index is 11.7. The lowest BCUT2D eigenvalue weighted by atomic mass is 9.95. The zero-order valence-electron chi connectivity index (χ0n) is 8.86. The van der Waals surface area contributed by atoms with E-state index in [0.29, 0.717) is 5.00 Å². The molecule has 0 aliphatic rings. The minimum absolute atomic E-state index is 0.235. The highest BCUT2D eigenvalue weighted by Gasteiger charge is 2.29. The number of carbonyl (C=O) groups excluding carboxylic acids is 1. The number of rotatable bonds is 4. The molecule has 1 heterocycles. The van der Waals surface area contributed by atoms with Gasteiger partial charge < -0.3 is 10.4 Å². The predicted octanol–water partition coefficient (Wildman–Crippen LogP) is 2.81. The van der Waals surface area contributed by atoms with Gasteiger partial charge in [0.1, 0.15) is 5.92 Å². The molecule has 4 nitrogen and oxygen atoms in total. The molecule has 6 heteroatoms. The lowest BCUT2D eigenvalue weighted by molar-refractivity contribution is -0.147. The van der Waals surface area contributed by atoms with Gasteiger partial charge in [0.25, 0.3) is 0 Å². The molecule has 1 unspecified atom stereocenters. The SMILES string of the molecule is CC(C)C(C(=O)O)C(=O)Nc1cc(Br)cs1. The minimum atomic E-state index is -1.09. The molecule has 1 amide bonds. The van der Waals surface area contributed by atoms with Crippen molar-refractivity contribution in [1.29, 1.82) is 0 Å². The molecule has 0 bridgehead atoms. The van der Waals surface area contributed by atoms with Crippen LogP contribution in [-0.2, 0) is 9.59 Å². The normalized spacial score (nSPS) is 12.5. The van der Waals surface area contributed by atoms with Crippen LogP contribution in [0, 0.1) is 11.8 Å². The van der Waals surface area contributed by atoms with Crippen molar-refractivity contribution >= 4 is 44.1 Å². The fraction of sp³-hybridized carbons (Fsp3) is 0.400. The van der Waals surface area contributed by atoms with Gasteiger partial charge >= 0.3 is 5.97 Å². The molecule has 1 aromatic heterocycles. The zero-order valence-corrected chi connectivity index (χ0v) is 11.3. The van der Waals surface area contributed by atoms with E-state index in [4.69, 9.17) is 5.11 Å². The first kappa shape index (κ1) is 13.2. The highest BCUT2D eigenvalue weighted by Crippen LogP contribution is 2.25. The molecule has 0 fully saturated rings. The number of thiophene rings is 1. The molecule has 0 aromatic carbocycles. The van der Waals surface area contributed by atoms with Gasteiger partial charge in [-0.1, -0.05) is 13.8 Å². The summed E-state index contributed by atoms with van der Waals surface area (Å²) in [6, 6.07) is 1.74. The van der Waals surface area contributed by atoms with Crippen molar-refractivity contribution in [3.05, 3.63) is 15.9 Å². The summed E-state index contributed by atoms with van der Waals surface area (Å²) in [7, 11) is 0. The zero-order chi connectivity index (χ0) is 12.3. The van der Waals surface area contributed by atoms with Crippen molar-refractivity contribution in [1.82, 2.24) is 0 Å². The maximum atomic E-state index is 11.7. The van der Waals surface area contributed by atoms with Gasteiger partial charge in [0.05, 0.1) is 5.00 Å². The Balaban J connectivity index is 2.73. The summed E-state index contributed by atoms with van der Waals surface area (Å²) in [5, 5.41) is 14.0. The number of nitrogens with one attached hydrogen (secondary N) is 1. The van der Waals surface area contributed by atoms with Gasteiger partial charge in [0.15, 0.2) is 0 Å². The van der Waals surface area contributed by atoms with Gasteiger partial charge in [0, 0.05) is 9.85 Å². The van der Waals surface area contributed by atoms with Crippen molar-refractivity contribution in [3.63, 3.8) is 0 Å². The third-order valence-corrected chi connectivity index (χ3v) is 3.64. The fourth-order valence-electron chi connectivity index (χ4n) is 1.28. The van der Waals surface area contributed by atoms with Crippen LogP contribution in [0.1, 0.15) is 13.8 Å². The van der Waals surface area contributed by atoms with Gasteiger partial charge in [-0.25, -0.2) is 0 Å². The Morgan fingerprint density at radius 1 is 1.50 bits per heavy atom. The number of hydrogen-bond acceptors (Lipinski definition) is 3. The molecule has 2 N–H and O–H groups in total. The molecular weight excluding hydrogens is 294 g/mol. The lowest BCUT2D eigenvalue weighted by Crippen LogP contribution is -2.33. The molecule has 1 aromatic rings. The lowest BCUT2D eigenvalue weighted by Gasteiger charge is -2.14. The first-order chi connectivity index (χ1) is 7.41. The van der Waals surface area contributed by atoms with Crippen molar-refractivity contribution in [2.24, 2.45) is 11.8 Å². The van der Waals surface area contributed by atoms with E-state index in [-0.39, 0.29) is 5.92 Å². The van der Waals surface area contributed by atoms with Gasteiger partial charge in [-0.15, -0.1) is 11.3 Å². The van der Waals surface area contributed by atoms with E-state index in [9.17, 15) is 9.59 Å². The molecule has 0 radical (unpaired) electrons. The van der Waals surface area contributed by atoms with Gasteiger partial charge in [-0.3, -0.25) is 9.59 Å². The molecule has 0 saturated heterocycles. The summed E-state index contributed by atoms with van der Waals surface area (Å²) in [6.45, 7) is 3.42. The average molecular weight is 306 g/mol. The average Bonchev–Trinajstić information content (AvgIpc) is 2.49. The van der Waals surface area contributed by atoms with E-state index in [2.05, 4.69) is 21.2 Å². The Morgan fingerprint density at radius 2 is 2.12 bits per heavy atom. The Morgan fingerprint density at radius 3 is 2.50 bits per heavy atom. The standard InChI is InChI=1S/C10H12BrNO3S/c1-5(2)8(10(14)15)9(13)12-7-3-6(11)4-16-7/h3-5,8H,1-2H3,(H,12,13)(H,14,15). The molecule has 1 atom stereocenters. The van der Waals surface area contributed by atoms with E-state index in [1.54, 1.807) is 19.9 Å². The van der Waals surface area contributed by atoms with E-state index < -0.39 is 17.8 Å². The topological polar surface area (TPSA) is 66.4 Å². The maximum Gasteiger partial charge on any atom is 0.316 e. The molecule has 1 rings (SSSR count). The summed E-state index contributed by atoms with van der Waals surface area (Å²) < 4.78 is 0.865. The fourth-order valence-corrected chi connectivity index (χ4v) is 2.60. The number of aliphatic carboxylic acids is 1. The van der Waals surface area contributed by atoms with Crippen LogP contribution in [-0.4, -0.2) is 17.0 Å². The first-order valence-corrected chi connectivity index (χ1v) is 6.36. The Kier molecular flexibility index (Phi) is 4.49. The summed E-state index contributed by atoms with van der Waals surface area (Å²) in [6.07, 6.45) is 0. The minimum Gasteiger partial charge on any atom is -0.481 e. The summed E-state index contributed by atoms with van der Waals surface area (Å²) >= 11 is 4.61. The van der Waals surface area contributed by atoms with Crippen LogP contribution in [0.5, 0.6) is 0 Å². The predicted molar refractivity (Wildman–Crippen MR) is 66.6 cm³/mol. The summed E-state index contributed by atoms with van der Waals surface area (Å²) in [5.41, 5.74) is 0. The van der Waals surface area contributed by atoms with Crippen LogP contribution in [0.3, 0.4) is 0 Å². The Labute approximate surface area is 106 Å². The van der Waals surface area contributed by atoms with Crippen LogP contribution in [0.15, 0.2) is 15.9 Å². The quantitative estimate of drug-likeness (QED) is 0.841. The van der Waals surface area contributed by atoms with Crippen molar-refractivity contribution in [3.8, 4) is 0 Å². The second kappa shape index (κ2) is 5.45. The number of amides is 1. The first-order valence-electron chi connectivity index (χ1n) is 4.69. The number of hydrogen-bond donors (Lipinski definition) is 2. The Hall–Kier alpha value is -0.880. The molecule has 88 valence electrons. The number of anilines is 1. The summed E-state index contributed by atoms with van der Waals surface area (Å²) in [5.74, 6) is -2.82. The molecule has 16 heavy (non-hydrogen) atoms.